The van der Waals surface area contributed by atoms with Crippen molar-refractivity contribution >= 4 is 15.7 Å². The number of ether oxygens (including phenoxy) is 1. The van der Waals surface area contributed by atoms with Crippen LogP contribution in [0.15, 0.2) is 29.2 Å². The summed E-state index contributed by atoms with van der Waals surface area (Å²) < 4.78 is 32.4. The fourth-order valence-electron chi connectivity index (χ4n) is 1.78. The standard InChI is InChI=1S/C13H17N3O3S/c1-4-19-11-5-7-12(8-6-11)20(17,18)16-13-9(2)14-15-10(13)3/h5-8,16H,4H2,1-3H3,(H,14,15). The van der Waals surface area contributed by atoms with Crippen LogP contribution in [0, 0.1) is 13.8 Å². The molecule has 1 aromatic carbocycles. The third-order valence-corrected chi connectivity index (χ3v) is 4.18. The Morgan fingerprint density at radius 2 is 1.90 bits per heavy atom. The SMILES string of the molecule is CCOc1ccc(S(=O)(=O)Nc2c(C)n[nH]c2C)cc1. The van der Waals surface area contributed by atoms with E-state index in [-0.39, 0.29) is 4.90 Å². The lowest BCUT2D eigenvalue weighted by Gasteiger charge is -2.09. The molecular weight excluding hydrogens is 278 g/mol. The molecule has 0 aliphatic rings. The monoisotopic (exact) mass is 295 g/mol. The van der Waals surface area contributed by atoms with Crippen LogP contribution in [-0.2, 0) is 10.0 Å². The van der Waals surface area contributed by atoms with E-state index in [9.17, 15) is 8.42 Å². The highest BCUT2D eigenvalue weighted by Gasteiger charge is 2.18. The molecule has 0 aliphatic carbocycles. The minimum Gasteiger partial charge on any atom is -0.494 e. The molecule has 0 aliphatic heterocycles. The summed E-state index contributed by atoms with van der Waals surface area (Å²) in [5.41, 5.74) is 1.77. The first-order valence-corrected chi connectivity index (χ1v) is 7.69. The van der Waals surface area contributed by atoms with E-state index < -0.39 is 10.0 Å². The van der Waals surface area contributed by atoms with Gasteiger partial charge in [-0.3, -0.25) is 9.82 Å². The molecule has 0 spiro atoms. The molecule has 1 heterocycles. The first-order valence-electron chi connectivity index (χ1n) is 6.21. The van der Waals surface area contributed by atoms with Gasteiger partial charge in [0, 0.05) is 0 Å². The van der Waals surface area contributed by atoms with Crippen LogP contribution in [0.25, 0.3) is 0 Å². The zero-order valence-electron chi connectivity index (χ0n) is 11.6. The number of aromatic nitrogens is 2. The van der Waals surface area contributed by atoms with Crippen LogP contribution in [0.2, 0.25) is 0 Å². The highest BCUT2D eigenvalue weighted by molar-refractivity contribution is 7.92. The van der Waals surface area contributed by atoms with Crippen LogP contribution in [0.1, 0.15) is 18.3 Å². The molecule has 2 N–H and O–H groups in total. The molecule has 0 atom stereocenters. The predicted octanol–water partition coefficient (Wildman–Crippen LogP) is 2.23. The number of nitrogens with one attached hydrogen (secondary N) is 2. The van der Waals surface area contributed by atoms with Crippen molar-refractivity contribution in [2.24, 2.45) is 0 Å². The molecule has 20 heavy (non-hydrogen) atoms. The number of aromatic amines is 1. The van der Waals surface area contributed by atoms with Gasteiger partial charge in [-0.05, 0) is 45.0 Å². The van der Waals surface area contributed by atoms with E-state index in [4.69, 9.17) is 4.74 Å². The van der Waals surface area contributed by atoms with Gasteiger partial charge in [0.1, 0.15) is 5.75 Å². The zero-order chi connectivity index (χ0) is 14.8. The minimum atomic E-state index is -3.63. The van der Waals surface area contributed by atoms with Gasteiger partial charge in [-0.1, -0.05) is 0 Å². The Morgan fingerprint density at radius 3 is 2.40 bits per heavy atom. The maximum atomic E-state index is 12.3. The van der Waals surface area contributed by atoms with Gasteiger partial charge < -0.3 is 4.74 Å². The van der Waals surface area contributed by atoms with Gasteiger partial charge >= 0.3 is 0 Å². The Bertz CT molecular complexity index is 671. The van der Waals surface area contributed by atoms with Crippen LogP contribution in [-0.4, -0.2) is 25.2 Å². The normalized spacial score (nSPS) is 11.3. The third-order valence-electron chi connectivity index (χ3n) is 2.81. The summed E-state index contributed by atoms with van der Waals surface area (Å²) in [5, 5.41) is 6.70. The number of hydrogen-bond acceptors (Lipinski definition) is 4. The van der Waals surface area contributed by atoms with Crippen LogP contribution in [0.5, 0.6) is 5.75 Å². The van der Waals surface area contributed by atoms with Crippen LogP contribution < -0.4 is 9.46 Å². The number of nitrogens with zero attached hydrogens (tertiary/aromatic N) is 1. The topological polar surface area (TPSA) is 84.1 Å². The van der Waals surface area contributed by atoms with Crippen LogP contribution in [0.3, 0.4) is 0 Å². The van der Waals surface area contributed by atoms with Crippen molar-refractivity contribution in [2.75, 3.05) is 11.3 Å². The first-order chi connectivity index (χ1) is 9.44. The summed E-state index contributed by atoms with van der Waals surface area (Å²) in [6.07, 6.45) is 0. The Morgan fingerprint density at radius 1 is 1.25 bits per heavy atom. The van der Waals surface area contributed by atoms with Crippen molar-refractivity contribution in [2.45, 2.75) is 25.7 Å². The average Bonchev–Trinajstić information content (AvgIpc) is 2.71. The lowest BCUT2D eigenvalue weighted by atomic mass is 10.3. The second-order valence-corrected chi connectivity index (χ2v) is 6.00. The number of sulfonamides is 1. The maximum Gasteiger partial charge on any atom is 0.262 e. The molecule has 1 aromatic heterocycles. The lowest BCUT2D eigenvalue weighted by molar-refractivity contribution is 0.340. The van der Waals surface area contributed by atoms with Gasteiger partial charge in [-0.15, -0.1) is 0 Å². The highest BCUT2D eigenvalue weighted by Crippen LogP contribution is 2.22. The van der Waals surface area contributed by atoms with Crippen molar-refractivity contribution in [3.8, 4) is 5.75 Å². The highest BCUT2D eigenvalue weighted by atomic mass is 32.2. The van der Waals surface area contributed by atoms with Gasteiger partial charge in [0.05, 0.1) is 28.6 Å². The van der Waals surface area contributed by atoms with Gasteiger partial charge in [0.2, 0.25) is 0 Å². The first kappa shape index (κ1) is 14.4. The summed E-state index contributed by atoms with van der Waals surface area (Å²) in [5.74, 6) is 0.641. The molecule has 2 rings (SSSR count). The van der Waals surface area contributed by atoms with Crippen molar-refractivity contribution in [1.82, 2.24) is 10.2 Å². The van der Waals surface area contributed by atoms with Gasteiger partial charge in [-0.2, -0.15) is 5.10 Å². The molecule has 0 saturated heterocycles. The number of rotatable bonds is 5. The molecule has 0 fully saturated rings. The lowest BCUT2D eigenvalue weighted by Crippen LogP contribution is -2.13. The van der Waals surface area contributed by atoms with E-state index in [1.165, 1.54) is 12.1 Å². The Labute approximate surface area is 118 Å². The average molecular weight is 295 g/mol. The molecule has 0 radical (unpaired) electrons. The van der Waals surface area contributed by atoms with Gasteiger partial charge in [0.15, 0.2) is 0 Å². The zero-order valence-corrected chi connectivity index (χ0v) is 12.4. The molecule has 6 nitrogen and oxygen atoms in total. The second kappa shape index (κ2) is 5.54. The Balaban J connectivity index is 2.26. The molecule has 0 amide bonds. The van der Waals surface area contributed by atoms with E-state index in [1.807, 2.05) is 6.92 Å². The fourth-order valence-corrected chi connectivity index (χ4v) is 2.96. The number of anilines is 1. The van der Waals surface area contributed by atoms with E-state index >= 15 is 0 Å². The largest absolute Gasteiger partial charge is 0.494 e. The Hall–Kier alpha value is -2.02. The number of H-pyrrole nitrogens is 1. The number of aryl methyl sites for hydroxylation is 2. The summed E-state index contributed by atoms with van der Waals surface area (Å²) in [4.78, 5) is 0.181. The van der Waals surface area contributed by atoms with Gasteiger partial charge in [0.25, 0.3) is 10.0 Å². The molecule has 0 bridgehead atoms. The van der Waals surface area contributed by atoms with Gasteiger partial charge in [-0.25, -0.2) is 8.42 Å². The predicted molar refractivity (Wildman–Crippen MR) is 76.5 cm³/mol. The molecular formula is C13H17N3O3S. The van der Waals surface area contributed by atoms with Crippen molar-refractivity contribution in [1.29, 1.82) is 0 Å². The minimum absolute atomic E-state index is 0.181. The number of hydrogen-bond donors (Lipinski definition) is 2. The third kappa shape index (κ3) is 2.93. The smallest absolute Gasteiger partial charge is 0.262 e. The summed E-state index contributed by atoms with van der Waals surface area (Å²) in [6.45, 7) is 5.91. The van der Waals surface area contributed by atoms with E-state index in [0.29, 0.717) is 29.4 Å². The van der Waals surface area contributed by atoms with E-state index in [0.717, 1.165) is 0 Å². The molecule has 2 aromatic rings. The van der Waals surface area contributed by atoms with Crippen molar-refractivity contribution in [3.05, 3.63) is 35.7 Å². The second-order valence-electron chi connectivity index (χ2n) is 4.32. The molecule has 108 valence electrons. The summed E-state index contributed by atoms with van der Waals surface area (Å²) >= 11 is 0. The fraction of sp³-hybridized carbons (Fsp3) is 0.308. The van der Waals surface area contributed by atoms with Crippen molar-refractivity contribution < 1.29 is 13.2 Å². The quantitative estimate of drug-likeness (QED) is 0.886. The molecule has 7 heteroatoms. The summed E-state index contributed by atoms with van der Waals surface area (Å²) in [7, 11) is -3.63. The Kier molecular flexibility index (Phi) is 3.99. The molecule has 0 saturated carbocycles. The van der Waals surface area contributed by atoms with E-state index in [1.54, 1.807) is 26.0 Å². The number of benzene rings is 1. The maximum absolute atomic E-state index is 12.3. The van der Waals surface area contributed by atoms with Crippen LogP contribution >= 0.6 is 0 Å². The van der Waals surface area contributed by atoms with E-state index in [2.05, 4.69) is 14.9 Å². The van der Waals surface area contributed by atoms with Crippen LogP contribution in [0.4, 0.5) is 5.69 Å². The molecule has 0 unspecified atom stereocenters. The van der Waals surface area contributed by atoms with Crippen molar-refractivity contribution in [3.63, 3.8) is 0 Å². The summed E-state index contributed by atoms with van der Waals surface area (Å²) in [6, 6.07) is 6.29.